The lowest BCUT2D eigenvalue weighted by atomic mass is 10.1. The molecular formula is C18H19N5O2S. The van der Waals surface area contributed by atoms with Crippen molar-refractivity contribution < 1.29 is 9.00 Å². The van der Waals surface area contributed by atoms with E-state index in [1.807, 2.05) is 67.6 Å². The Balaban J connectivity index is 1.58. The Hall–Kier alpha value is -2.87. The second kappa shape index (κ2) is 8.48. The number of rotatable bonds is 7. The van der Waals surface area contributed by atoms with Gasteiger partial charge in [-0.25, -0.2) is 0 Å². The standard InChI is InChI=1S/C18H19N5O2S/c1-14(15-8-4-2-5-9-15)19-18(24)13-26(25)12-17-20-21-22-23(17)16-10-6-3-7-11-16/h2-11,14H,12-13H2,1H3,(H,19,24)/t14-,26+/m1/s1. The lowest BCUT2D eigenvalue weighted by Crippen LogP contribution is -2.31. The molecule has 0 aliphatic rings. The van der Waals surface area contributed by atoms with E-state index in [-0.39, 0.29) is 23.5 Å². The van der Waals surface area contributed by atoms with E-state index in [0.29, 0.717) is 5.82 Å². The molecule has 134 valence electrons. The van der Waals surface area contributed by atoms with Gasteiger partial charge in [0, 0.05) is 10.8 Å². The van der Waals surface area contributed by atoms with Crippen molar-refractivity contribution in [1.29, 1.82) is 0 Å². The summed E-state index contributed by atoms with van der Waals surface area (Å²) in [7, 11) is -1.41. The third-order valence-electron chi connectivity index (χ3n) is 3.79. The third-order valence-corrected chi connectivity index (χ3v) is 4.96. The largest absolute Gasteiger partial charge is 0.349 e. The second-order valence-corrected chi connectivity index (χ2v) is 7.23. The molecular weight excluding hydrogens is 350 g/mol. The van der Waals surface area contributed by atoms with Gasteiger partial charge < -0.3 is 5.32 Å². The highest BCUT2D eigenvalue weighted by Gasteiger charge is 2.16. The maximum Gasteiger partial charge on any atom is 0.233 e. The number of benzene rings is 2. The maximum absolute atomic E-state index is 12.4. The summed E-state index contributed by atoms with van der Waals surface area (Å²) in [6.45, 7) is 1.89. The number of carbonyl (C=O) groups excluding carboxylic acids is 1. The van der Waals surface area contributed by atoms with Crippen LogP contribution >= 0.6 is 0 Å². The fourth-order valence-corrected chi connectivity index (χ4v) is 3.46. The summed E-state index contributed by atoms with van der Waals surface area (Å²) >= 11 is 0. The smallest absolute Gasteiger partial charge is 0.233 e. The molecule has 0 bridgehead atoms. The lowest BCUT2D eigenvalue weighted by Gasteiger charge is -2.14. The molecule has 0 radical (unpaired) electrons. The fraction of sp³-hybridized carbons (Fsp3) is 0.222. The first-order chi connectivity index (χ1) is 12.6. The van der Waals surface area contributed by atoms with Crippen molar-refractivity contribution in [2.45, 2.75) is 18.7 Å². The number of nitrogens with zero attached hydrogens (tertiary/aromatic N) is 4. The number of hydrogen-bond acceptors (Lipinski definition) is 5. The number of amides is 1. The summed E-state index contributed by atoms with van der Waals surface area (Å²) in [6.07, 6.45) is 0. The van der Waals surface area contributed by atoms with Crippen molar-refractivity contribution in [3.63, 3.8) is 0 Å². The van der Waals surface area contributed by atoms with Crippen molar-refractivity contribution in [2.75, 3.05) is 5.75 Å². The number of tetrazole rings is 1. The topological polar surface area (TPSA) is 89.8 Å². The molecule has 0 spiro atoms. The van der Waals surface area contributed by atoms with E-state index < -0.39 is 10.8 Å². The molecule has 1 amide bonds. The molecule has 8 heteroatoms. The van der Waals surface area contributed by atoms with E-state index in [4.69, 9.17) is 0 Å². The van der Waals surface area contributed by atoms with Crippen LogP contribution in [0.4, 0.5) is 0 Å². The van der Waals surface area contributed by atoms with Gasteiger partial charge in [0.15, 0.2) is 5.82 Å². The average molecular weight is 369 g/mol. The molecule has 1 heterocycles. The Bertz CT molecular complexity index is 883. The zero-order chi connectivity index (χ0) is 18.4. The summed E-state index contributed by atoms with van der Waals surface area (Å²) in [5.74, 6) is 0.199. The molecule has 0 aliphatic heterocycles. The predicted molar refractivity (Wildman–Crippen MR) is 98.9 cm³/mol. The number of aromatic nitrogens is 4. The van der Waals surface area contributed by atoms with E-state index in [9.17, 15) is 9.00 Å². The molecule has 3 rings (SSSR count). The van der Waals surface area contributed by atoms with Crippen LogP contribution in [0.3, 0.4) is 0 Å². The summed E-state index contributed by atoms with van der Waals surface area (Å²) in [6, 6.07) is 18.8. The van der Waals surface area contributed by atoms with Gasteiger partial charge in [-0.3, -0.25) is 9.00 Å². The second-order valence-electron chi connectivity index (χ2n) is 5.77. The maximum atomic E-state index is 12.4. The van der Waals surface area contributed by atoms with Crippen LogP contribution in [0.1, 0.15) is 24.4 Å². The van der Waals surface area contributed by atoms with Crippen LogP contribution in [0, 0.1) is 0 Å². The molecule has 3 aromatic rings. The summed E-state index contributed by atoms with van der Waals surface area (Å²) < 4.78 is 13.9. The molecule has 0 fully saturated rings. The predicted octanol–water partition coefficient (Wildman–Crippen LogP) is 1.79. The molecule has 7 nitrogen and oxygen atoms in total. The Kier molecular flexibility index (Phi) is 5.85. The van der Waals surface area contributed by atoms with Gasteiger partial charge in [-0.2, -0.15) is 4.68 Å². The Labute approximate surface area is 153 Å². The minimum atomic E-state index is -1.41. The minimum absolute atomic E-state index is 0.0984. The fourth-order valence-electron chi connectivity index (χ4n) is 2.51. The van der Waals surface area contributed by atoms with Gasteiger partial charge in [0.1, 0.15) is 5.75 Å². The molecule has 1 aromatic heterocycles. The van der Waals surface area contributed by atoms with Crippen molar-refractivity contribution in [1.82, 2.24) is 25.5 Å². The highest BCUT2D eigenvalue weighted by atomic mass is 32.2. The van der Waals surface area contributed by atoms with E-state index in [2.05, 4.69) is 20.8 Å². The van der Waals surface area contributed by atoms with Gasteiger partial charge in [-0.05, 0) is 35.0 Å². The van der Waals surface area contributed by atoms with Gasteiger partial charge in [-0.1, -0.05) is 48.5 Å². The van der Waals surface area contributed by atoms with Gasteiger partial charge in [-0.15, -0.1) is 5.10 Å². The Morgan fingerprint density at radius 1 is 1.12 bits per heavy atom. The molecule has 1 N–H and O–H groups in total. The highest BCUT2D eigenvalue weighted by molar-refractivity contribution is 7.84. The van der Waals surface area contributed by atoms with Crippen molar-refractivity contribution in [3.05, 3.63) is 72.1 Å². The van der Waals surface area contributed by atoms with E-state index in [1.165, 1.54) is 4.68 Å². The van der Waals surface area contributed by atoms with E-state index in [1.54, 1.807) is 0 Å². The first-order valence-corrected chi connectivity index (χ1v) is 9.64. The Morgan fingerprint density at radius 2 is 1.77 bits per heavy atom. The van der Waals surface area contributed by atoms with Crippen LogP contribution in [0.5, 0.6) is 0 Å². The molecule has 26 heavy (non-hydrogen) atoms. The van der Waals surface area contributed by atoms with E-state index >= 15 is 0 Å². The summed E-state index contributed by atoms with van der Waals surface area (Å²) in [4.78, 5) is 12.2. The van der Waals surface area contributed by atoms with Crippen LogP contribution < -0.4 is 5.32 Å². The normalized spacial score (nSPS) is 13.1. The quantitative estimate of drug-likeness (QED) is 0.686. The minimum Gasteiger partial charge on any atom is -0.349 e. The number of carbonyl (C=O) groups is 1. The average Bonchev–Trinajstić information content (AvgIpc) is 3.11. The number of para-hydroxylation sites is 1. The number of nitrogens with one attached hydrogen (secondary N) is 1. The zero-order valence-electron chi connectivity index (χ0n) is 14.3. The first kappa shape index (κ1) is 17.9. The first-order valence-electron chi connectivity index (χ1n) is 8.15. The van der Waals surface area contributed by atoms with Crippen molar-refractivity contribution in [2.24, 2.45) is 0 Å². The van der Waals surface area contributed by atoms with E-state index in [0.717, 1.165) is 11.3 Å². The zero-order valence-corrected chi connectivity index (χ0v) is 15.1. The van der Waals surface area contributed by atoms with Crippen LogP contribution in [0.25, 0.3) is 5.69 Å². The highest BCUT2D eigenvalue weighted by Crippen LogP contribution is 2.11. The Morgan fingerprint density at radius 3 is 2.46 bits per heavy atom. The van der Waals surface area contributed by atoms with Crippen molar-refractivity contribution >= 4 is 16.7 Å². The lowest BCUT2D eigenvalue weighted by molar-refractivity contribution is -0.119. The molecule has 2 atom stereocenters. The molecule has 0 saturated carbocycles. The van der Waals surface area contributed by atoms with Gasteiger partial charge in [0.2, 0.25) is 5.91 Å². The molecule has 0 unspecified atom stereocenters. The molecule has 0 aliphatic carbocycles. The SMILES string of the molecule is C[C@@H](NC(=O)C[S@@](=O)Cc1nnnn1-c1ccccc1)c1ccccc1. The third kappa shape index (κ3) is 4.60. The van der Waals surface area contributed by atoms with Gasteiger partial charge in [0.25, 0.3) is 0 Å². The van der Waals surface area contributed by atoms with Crippen molar-refractivity contribution in [3.8, 4) is 5.69 Å². The van der Waals surface area contributed by atoms with Gasteiger partial charge in [0.05, 0.1) is 17.5 Å². The number of hydrogen-bond donors (Lipinski definition) is 1. The van der Waals surface area contributed by atoms with Crippen LogP contribution in [0.2, 0.25) is 0 Å². The molecule has 0 saturated heterocycles. The summed E-state index contributed by atoms with van der Waals surface area (Å²) in [5.41, 5.74) is 1.78. The van der Waals surface area contributed by atoms with Crippen LogP contribution in [-0.4, -0.2) is 36.1 Å². The van der Waals surface area contributed by atoms with Crippen LogP contribution in [0.15, 0.2) is 60.7 Å². The monoisotopic (exact) mass is 369 g/mol. The van der Waals surface area contributed by atoms with Crippen LogP contribution in [-0.2, 0) is 21.3 Å². The summed E-state index contributed by atoms with van der Waals surface area (Å²) in [5, 5.41) is 14.4. The van der Waals surface area contributed by atoms with Gasteiger partial charge >= 0.3 is 0 Å². The molecule has 2 aromatic carbocycles.